The summed E-state index contributed by atoms with van der Waals surface area (Å²) in [7, 11) is 0. The number of rotatable bonds is 5. The molecule has 0 radical (unpaired) electrons. The molecule has 5 nitrogen and oxygen atoms in total. The Hall–Kier alpha value is -2.43. The van der Waals surface area contributed by atoms with Gasteiger partial charge in [-0.05, 0) is 24.6 Å². The number of allylic oxidation sites excluding steroid dienone is 3. The molecule has 1 aromatic rings. The van der Waals surface area contributed by atoms with E-state index in [0.717, 1.165) is 30.5 Å². The van der Waals surface area contributed by atoms with Crippen LogP contribution in [0.4, 0.5) is 5.82 Å². The molecule has 20 heavy (non-hydrogen) atoms. The molecule has 2 N–H and O–H groups in total. The number of ether oxygens (including phenoxy) is 1. The summed E-state index contributed by atoms with van der Waals surface area (Å²) >= 11 is 0. The molecule has 5 heteroatoms. The van der Waals surface area contributed by atoms with Gasteiger partial charge in [-0.3, -0.25) is 4.79 Å². The van der Waals surface area contributed by atoms with Gasteiger partial charge >= 0.3 is 0 Å². The van der Waals surface area contributed by atoms with Crippen LogP contribution in [0.1, 0.15) is 30.1 Å². The van der Waals surface area contributed by atoms with Gasteiger partial charge in [-0.15, -0.1) is 0 Å². The summed E-state index contributed by atoms with van der Waals surface area (Å²) in [6.07, 6.45) is 9.45. The fraction of sp³-hybridized carbons (Fsp3) is 0.267. The summed E-state index contributed by atoms with van der Waals surface area (Å²) in [5.74, 6) is 0.963. The minimum absolute atomic E-state index is 0.453. The van der Waals surface area contributed by atoms with E-state index in [1.807, 2.05) is 19.1 Å². The van der Waals surface area contributed by atoms with Crippen molar-refractivity contribution in [3.8, 4) is 5.75 Å². The van der Waals surface area contributed by atoms with Crippen LogP contribution in [0, 0.1) is 0 Å². The van der Waals surface area contributed by atoms with Crippen LogP contribution in [-0.4, -0.2) is 23.6 Å². The summed E-state index contributed by atoms with van der Waals surface area (Å²) in [6, 6.07) is 1.65. The van der Waals surface area contributed by atoms with E-state index in [0.29, 0.717) is 23.7 Å². The predicted molar refractivity (Wildman–Crippen MR) is 78.5 cm³/mol. The molecule has 0 aliphatic heterocycles. The number of aromatic nitrogens is 1. The number of hydrogen-bond donors (Lipinski definition) is 1. The van der Waals surface area contributed by atoms with E-state index in [4.69, 9.17) is 10.5 Å². The van der Waals surface area contributed by atoms with Gasteiger partial charge in [0, 0.05) is 23.9 Å². The van der Waals surface area contributed by atoms with E-state index >= 15 is 0 Å². The maximum absolute atomic E-state index is 10.8. The zero-order valence-electron chi connectivity index (χ0n) is 11.4. The van der Waals surface area contributed by atoms with Crippen molar-refractivity contribution in [2.45, 2.75) is 19.8 Å². The highest BCUT2D eigenvalue weighted by atomic mass is 16.5. The van der Waals surface area contributed by atoms with Crippen molar-refractivity contribution in [3.63, 3.8) is 0 Å². The molecule has 0 atom stereocenters. The highest BCUT2D eigenvalue weighted by Gasteiger charge is 2.08. The molecule has 0 saturated carbocycles. The molecular formula is C15H17N3O2. The zero-order chi connectivity index (χ0) is 14.4. The van der Waals surface area contributed by atoms with Crippen LogP contribution >= 0.6 is 0 Å². The summed E-state index contributed by atoms with van der Waals surface area (Å²) in [5.41, 5.74) is 7.72. The number of hydrogen-bond acceptors (Lipinski definition) is 5. The van der Waals surface area contributed by atoms with Crippen LogP contribution < -0.4 is 10.5 Å². The molecule has 0 spiro atoms. The Kier molecular flexibility index (Phi) is 4.65. The largest absolute Gasteiger partial charge is 0.490 e. The van der Waals surface area contributed by atoms with Gasteiger partial charge < -0.3 is 10.5 Å². The summed E-state index contributed by atoms with van der Waals surface area (Å²) in [6.45, 7) is 2.56. The third kappa shape index (κ3) is 3.54. The zero-order valence-corrected chi connectivity index (χ0v) is 11.4. The first-order valence-electron chi connectivity index (χ1n) is 6.52. The summed E-state index contributed by atoms with van der Waals surface area (Å²) in [4.78, 5) is 19.4. The standard InChI is InChI=1S/C15H17N3O2/c1-2-6-20-14-7-11(10-19)9-17-15(14)18-13-5-3-4-12(16)8-13/h3,5,7-10H,2,4,6,16H2,1H3. The second-order valence-electron chi connectivity index (χ2n) is 4.42. The first-order valence-corrected chi connectivity index (χ1v) is 6.52. The Morgan fingerprint density at radius 1 is 1.55 bits per heavy atom. The Bertz CT molecular complexity index is 589. The summed E-state index contributed by atoms with van der Waals surface area (Å²) in [5, 5.41) is 0. The Balaban J connectivity index is 2.34. The van der Waals surface area contributed by atoms with Gasteiger partial charge in [-0.2, -0.15) is 0 Å². The fourth-order valence-corrected chi connectivity index (χ4v) is 1.72. The van der Waals surface area contributed by atoms with Gasteiger partial charge in [0.1, 0.15) is 0 Å². The molecule has 0 bridgehead atoms. The van der Waals surface area contributed by atoms with E-state index in [1.54, 1.807) is 12.1 Å². The molecule has 0 aromatic carbocycles. The highest BCUT2D eigenvalue weighted by molar-refractivity contribution is 6.06. The molecule has 1 aromatic heterocycles. The fourth-order valence-electron chi connectivity index (χ4n) is 1.72. The lowest BCUT2D eigenvalue weighted by Gasteiger charge is -2.09. The molecule has 1 aliphatic carbocycles. The van der Waals surface area contributed by atoms with Gasteiger partial charge in [0.05, 0.1) is 12.3 Å². The van der Waals surface area contributed by atoms with Crippen LogP contribution in [-0.2, 0) is 0 Å². The van der Waals surface area contributed by atoms with Crippen molar-refractivity contribution >= 4 is 17.8 Å². The van der Waals surface area contributed by atoms with Gasteiger partial charge in [-0.25, -0.2) is 9.98 Å². The number of aliphatic imine (C=N–C) groups is 1. The van der Waals surface area contributed by atoms with Crippen LogP contribution in [0.15, 0.2) is 41.2 Å². The molecule has 0 saturated heterocycles. The van der Waals surface area contributed by atoms with Crippen LogP contribution in [0.25, 0.3) is 0 Å². The van der Waals surface area contributed by atoms with Crippen molar-refractivity contribution in [2.24, 2.45) is 10.7 Å². The minimum atomic E-state index is 0.453. The number of nitrogens with two attached hydrogens (primary N) is 1. The van der Waals surface area contributed by atoms with Crippen LogP contribution in [0.5, 0.6) is 5.75 Å². The third-order valence-corrected chi connectivity index (χ3v) is 2.66. The highest BCUT2D eigenvalue weighted by Crippen LogP contribution is 2.26. The number of aldehydes is 1. The van der Waals surface area contributed by atoms with Crippen LogP contribution in [0.2, 0.25) is 0 Å². The van der Waals surface area contributed by atoms with Gasteiger partial charge in [0.2, 0.25) is 0 Å². The van der Waals surface area contributed by atoms with Gasteiger partial charge in [0.15, 0.2) is 17.9 Å². The van der Waals surface area contributed by atoms with Gasteiger partial charge in [0.25, 0.3) is 0 Å². The predicted octanol–water partition coefficient (Wildman–Crippen LogP) is 2.56. The first-order chi connectivity index (χ1) is 9.72. The van der Waals surface area contributed by atoms with Crippen molar-refractivity contribution in [1.29, 1.82) is 0 Å². The number of nitrogens with zero attached hydrogens (tertiary/aromatic N) is 2. The number of carbonyl (C=O) groups excluding carboxylic acids is 1. The van der Waals surface area contributed by atoms with E-state index in [9.17, 15) is 4.79 Å². The summed E-state index contributed by atoms with van der Waals surface area (Å²) < 4.78 is 5.59. The van der Waals surface area contributed by atoms with E-state index in [-0.39, 0.29) is 0 Å². The third-order valence-electron chi connectivity index (χ3n) is 2.66. The van der Waals surface area contributed by atoms with Crippen LogP contribution in [0.3, 0.4) is 0 Å². The molecular weight excluding hydrogens is 254 g/mol. The first kappa shape index (κ1) is 14.0. The van der Waals surface area contributed by atoms with E-state index < -0.39 is 0 Å². The topological polar surface area (TPSA) is 77.6 Å². The maximum atomic E-state index is 10.8. The number of carbonyl (C=O) groups is 1. The molecule has 104 valence electrons. The number of pyridine rings is 1. The molecule has 1 heterocycles. The normalized spacial score (nSPS) is 16.1. The second kappa shape index (κ2) is 6.65. The SMILES string of the molecule is CCCOc1cc(C=O)cnc1N=C1C=CCC(N)=C1. The second-order valence-corrected chi connectivity index (χ2v) is 4.42. The average Bonchev–Trinajstić information content (AvgIpc) is 2.46. The lowest BCUT2D eigenvalue weighted by molar-refractivity contribution is 0.112. The van der Waals surface area contributed by atoms with Crippen molar-refractivity contribution < 1.29 is 9.53 Å². The molecule has 2 rings (SSSR count). The molecule has 0 amide bonds. The lowest BCUT2D eigenvalue weighted by atomic mass is 10.1. The molecule has 1 aliphatic rings. The Labute approximate surface area is 117 Å². The van der Waals surface area contributed by atoms with Gasteiger partial charge in [-0.1, -0.05) is 13.0 Å². The minimum Gasteiger partial charge on any atom is -0.490 e. The lowest BCUT2D eigenvalue weighted by Crippen LogP contribution is -2.04. The van der Waals surface area contributed by atoms with Crippen molar-refractivity contribution in [3.05, 3.63) is 41.8 Å². The van der Waals surface area contributed by atoms with E-state index in [1.165, 1.54) is 6.20 Å². The molecule has 0 fully saturated rings. The monoisotopic (exact) mass is 271 g/mol. The Morgan fingerprint density at radius 3 is 3.10 bits per heavy atom. The Morgan fingerprint density at radius 2 is 2.40 bits per heavy atom. The average molecular weight is 271 g/mol. The maximum Gasteiger partial charge on any atom is 0.195 e. The molecule has 0 unspecified atom stereocenters. The van der Waals surface area contributed by atoms with Crippen molar-refractivity contribution in [2.75, 3.05) is 6.61 Å². The smallest absolute Gasteiger partial charge is 0.195 e. The quantitative estimate of drug-likeness (QED) is 0.835. The van der Waals surface area contributed by atoms with E-state index in [2.05, 4.69) is 9.98 Å². The van der Waals surface area contributed by atoms with Crippen molar-refractivity contribution in [1.82, 2.24) is 4.98 Å².